The highest BCUT2D eigenvalue weighted by Gasteiger charge is 2.33. The van der Waals surface area contributed by atoms with Crippen molar-refractivity contribution >= 4 is 28.7 Å². The number of anilines is 1. The van der Waals surface area contributed by atoms with E-state index in [1.54, 1.807) is 18.3 Å². The Balaban J connectivity index is 0.000000775. The van der Waals surface area contributed by atoms with E-state index in [2.05, 4.69) is 9.97 Å². The van der Waals surface area contributed by atoms with Crippen LogP contribution in [0, 0.1) is 0 Å². The largest absolute Gasteiger partial charge is 0.483 e. The first-order valence-corrected chi connectivity index (χ1v) is 10.2. The van der Waals surface area contributed by atoms with Crippen LogP contribution in [0.5, 0.6) is 0 Å². The zero-order valence-corrected chi connectivity index (χ0v) is 17.1. The number of halogens is 3. The van der Waals surface area contributed by atoms with Crippen molar-refractivity contribution in [2.45, 2.75) is 44.2 Å². The third kappa shape index (κ3) is 3.88. The molecule has 0 atom stereocenters. The Morgan fingerprint density at radius 3 is 2.62 bits per heavy atom. The minimum Gasteiger partial charge on any atom is -0.483 e. The van der Waals surface area contributed by atoms with Crippen LogP contribution in [0.15, 0.2) is 36.7 Å². The summed E-state index contributed by atoms with van der Waals surface area (Å²) in [6.45, 7) is -0.250. The van der Waals surface area contributed by atoms with Gasteiger partial charge >= 0.3 is 6.18 Å². The highest BCUT2D eigenvalue weighted by atomic mass is 19.4. The van der Waals surface area contributed by atoms with Crippen LogP contribution in [0.3, 0.4) is 0 Å². The summed E-state index contributed by atoms with van der Waals surface area (Å²) >= 11 is 0. The number of fused-ring (bicyclic) bond motifs is 2. The van der Waals surface area contributed by atoms with Gasteiger partial charge in [-0.25, -0.2) is 9.97 Å². The number of carbonyl (C=O) groups is 1. The monoisotopic (exact) mass is 445 g/mol. The average molecular weight is 445 g/mol. The van der Waals surface area contributed by atoms with Crippen LogP contribution in [0.2, 0.25) is 0 Å². The number of para-hydroxylation sites is 1. The van der Waals surface area contributed by atoms with Crippen molar-refractivity contribution in [1.29, 1.82) is 0 Å². The van der Waals surface area contributed by atoms with Gasteiger partial charge in [-0.3, -0.25) is 9.20 Å². The van der Waals surface area contributed by atoms with Crippen LogP contribution in [0.1, 0.15) is 49.4 Å². The van der Waals surface area contributed by atoms with Gasteiger partial charge in [-0.15, -0.1) is 0 Å². The number of H-pyrrole nitrogens is 1. The average Bonchev–Trinajstić information content (AvgIpc) is 3.36. The lowest BCUT2D eigenvalue weighted by molar-refractivity contribution is -0.136. The van der Waals surface area contributed by atoms with Gasteiger partial charge in [0.25, 0.3) is 6.47 Å². The Labute approximate surface area is 181 Å². The molecule has 7 nitrogen and oxygen atoms in total. The molecule has 0 bridgehead atoms. The third-order valence-electron chi connectivity index (χ3n) is 5.80. The Morgan fingerprint density at radius 1 is 1.22 bits per heavy atom. The fourth-order valence-corrected chi connectivity index (χ4v) is 4.44. The zero-order valence-electron chi connectivity index (χ0n) is 17.1. The summed E-state index contributed by atoms with van der Waals surface area (Å²) in [6, 6.07) is 5.85. The van der Waals surface area contributed by atoms with E-state index >= 15 is 0 Å². The number of nitrogens with one attached hydrogen (secondary N) is 1. The Morgan fingerprint density at radius 2 is 1.94 bits per heavy atom. The molecule has 3 heterocycles. The van der Waals surface area contributed by atoms with Crippen molar-refractivity contribution in [3.05, 3.63) is 48.0 Å². The summed E-state index contributed by atoms with van der Waals surface area (Å²) in [5.41, 5.74) is 7.21. The highest BCUT2D eigenvalue weighted by Crippen LogP contribution is 2.39. The molecule has 4 N–H and O–H groups in total. The standard InChI is InChI=1S/C21H20F3N5.CH2O2/c22-21(23,24)14-8-4-7-13-11-15(27-16(13)14)17-18-19(25)26-9-10-29(18)20(28-17)12-5-2-1-3-6-12;2-1-3/h4,7-12,27H,1-3,5-6H2,(H2,25,26);1H,(H,2,3). The second-order valence-corrected chi connectivity index (χ2v) is 7.74. The molecule has 10 heteroatoms. The fraction of sp³-hybridized carbons (Fsp3) is 0.318. The predicted octanol–water partition coefficient (Wildman–Crippen LogP) is 5.23. The van der Waals surface area contributed by atoms with E-state index in [0.717, 1.165) is 37.6 Å². The van der Waals surface area contributed by atoms with Crippen LogP contribution in [0.25, 0.3) is 27.8 Å². The van der Waals surface area contributed by atoms with Crippen molar-refractivity contribution in [3.63, 3.8) is 0 Å². The maximum atomic E-state index is 13.4. The molecule has 0 amide bonds. The number of hydrogen-bond donors (Lipinski definition) is 3. The molecule has 0 radical (unpaired) electrons. The van der Waals surface area contributed by atoms with Gasteiger partial charge in [0, 0.05) is 23.7 Å². The molecular formula is C22H22F3N5O2. The Hall–Kier alpha value is -3.56. The molecule has 168 valence electrons. The van der Waals surface area contributed by atoms with Crippen molar-refractivity contribution in [2.75, 3.05) is 5.73 Å². The molecule has 3 aromatic heterocycles. The van der Waals surface area contributed by atoms with Crippen molar-refractivity contribution in [1.82, 2.24) is 19.4 Å². The molecule has 1 aliphatic rings. The van der Waals surface area contributed by atoms with Crippen LogP contribution in [-0.4, -0.2) is 30.9 Å². The van der Waals surface area contributed by atoms with Gasteiger partial charge in [-0.2, -0.15) is 13.2 Å². The molecule has 32 heavy (non-hydrogen) atoms. The number of aromatic amines is 1. The van der Waals surface area contributed by atoms with E-state index in [-0.39, 0.29) is 12.0 Å². The van der Waals surface area contributed by atoms with Gasteiger partial charge in [0.2, 0.25) is 0 Å². The molecule has 0 aliphatic heterocycles. The number of nitrogens with two attached hydrogens (primary N) is 1. The number of alkyl halides is 3. The molecule has 1 aliphatic carbocycles. The van der Waals surface area contributed by atoms with E-state index in [0.29, 0.717) is 34.0 Å². The molecule has 4 aromatic rings. The fourth-order valence-electron chi connectivity index (χ4n) is 4.44. The Kier molecular flexibility index (Phi) is 5.77. The lowest BCUT2D eigenvalue weighted by atomic mass is 9.89. The number of carboxylic acid groups (broad SMARTS) is 1. The normalized spacial score (nSPS) is 15.0. The number of aromatic nitrogens is 4. The number of nitrogens with zero attached hydrogens (tertiary/aromatic N) is 3. The number of hydrogen-bond acceptors (Lipinski definition) is 4. The zero-order chi connectivity index (χ0) is 22.9. The van der Waals surface area contributed by atoms with Gasteiger partial charge < -0.3 is 15.8 Å². The lowest BCUT2D eigenvalue weighted by Gasteiger charge is -2.20. The highest BCUT2D eigenvalue weighted by molar-refractivity contribution is 5.92. The number of benzene rings is 1. The summed E-state index contributed by atoms with van der Waals surface area (Å²) in [5.74, 6) is 1.52. The van der Waals surface area contributed by atoms with Gasteiger partial charge in [0.15, 0.2) is 0 Å². The summed E-state index contributed by atoms with van der Waals surface area (Å²) in [5, 5.41) is 7.37. The van der Waals surface area contributed by atoms with E-state index in [1.807, 2.05) is 10.6 Å². The van der Waals surface area contributed by atoms with Gasteiger partial charge in [0.05, 0.1) is 16.8 Å². The lowest BCUT2D eigenvalue weighted by Crippen LogP contribution is -2.09. The minimum absolute atomic E-state index is 0.0535. The Bertz CT molecular complexity index is 1260. The molecule has 0 saturated heterocycles. The summed E-state index contributed by atoms with van der Waals surface area (Å²) in [7, 11) is 0. The topological polar surface area (TPSA) is 109 Å². The molecule has 5 rings (SSSR count). The van der Waals surface area contributed by atoms with E-state index in [9.17, 15) is 13.2 Å². The maximum absolute atomic E-state index is 13.4. The van der Waals surface area contributed by atoms with Crippen LogP contribution in [-0.2, 0) is 11.0 Å². The number of imidazole rings is 1. The van der Waals surface area contributed by atoms with Crippen LogP contribution in [0.4, 0.5) is 19.0 Å². The van der Waals surface area contributed by atoms with E-state index in [1.165, 1.54) is 12.5 Å². The minimum atomic E-state index is -4.44. The smallest absolute Gasteiger partial charge is 0.418 e. The molecular weight excluding hydrogens is 423 g/mol. The SMILES string of the molecule is Nc1nccn2c(C3CCCCC3)nc(-c3cc4cccc(C(F)(F)F)c4[nH]3)c12.O=CO. The van der Waals surface area contributed by atoms with Gasteiger partial charge in [-0.1, -0.05) is 31.4 Å². The summed E-state index contributed by atoms with van der Waals surface area (Å²) in [6.07, 6.45) is 4.64. The van der Waals surface area contributed by atoms with Crippen molar-refractivity contribution in [3.8, 4) is 11.4 Å². The molecule has 1 saturated carbocycles. The quantitative estimate of drug-likeness (QED) is 0.366. The third-order valence-corrected chi connectivity index (χ3v) is 5.80. The first kappa shape index (κ1) is 21.7. The number of nitrogen functional groups attached to an aromatic ring is 1. The first-order valence-electron chi connectivity index (χ1n) is 10.2. The molecule has 0 unspecified atom stereocenters. The van der Waals surface area contributed by atoms with Crippen LogP contribution < -0.4 is 5.73 Å². The summed E-state index contributed by atoms with van der Waals surface area (Å²) < 4.78 is 42.2. The van der Waals surface area contributed by atoms with E-state index in [4.69, 9.17) is 20.6 Å². The number of rotatable bonds is 2. The predicted molar refractivity (Wildman–Crippen MR) is 114 cm³/mol. The second kappa shape index (κ2) is 8.52. The van der Waals surface area contributed by atoms with Crippen molar-refractivity contribution < 1.29 is 23.1 Å². The second-order valence-electron chi connectivity index (χ2n) is 7.74. The maximum Gasteiger partial charge on any atom is 0.418 e. The van der Waals surface area contributed by atoms with Crippen LogP contribution >= 0.6 is 0 Å². The van der Waals surface area contributed by atoms with Crippen molar-refractivity contribution in [2.24, 2.45) is 0 Å². The first-order chi connectivity index (χ1) is 15.3. The molecule has 1 aromatic carbocycles. The van der Waals surface area contributed by atoms with Gasteiger partial charge in [0.1, 0.15) is 22.9 Å². The van der Waals surface area contributed by atoms with Gasteiger partial charge in [-0.05, 0) is 25.0 Å². The molecule has 0 spiro atoms. The summed E-state index contributed by atoms with van der Waals surface area (Å²) in [4.78, 5) is 20.4. The van der Waals surface area contributed by atoms with E-state index < -0.39 is 11.7 Å². The molecule has 1 fully saturated rings.